The minimum atomic E-state index is -4.05. The molecule has 0 saturated heterocycles. The van der Waals surface area contributed by atoms with E-state index in [1.54, 1.807) is 67.0 Å². The van der Waals surface area contributed by atoms with Crippen molar-refractivity contribution < 1.29 is 17.9 Å². The number of hydrogen-bond acceptors (Lipinski definition) is 5. The van der Waals surface area contributed by atoms with Crippen LogP contribution in [0.3, 0.4) is 0 Å². The summed E-state index contributed by atoms with van der Waals surface area (Å²) in [4.78, 5) is 15.4. The average Bonchev–Trinajstić information content (AvgIpc) is 3.42. The molecule has 0 saturated carbocycles. The van der Waals surface area contributed by atoms with Gasteiger partial charge in [0.25, 0.3) is 0 Å². The lowest BCUT2D eigenvalue weighted by Gasteiger charge is -2.19. The first-order chi connectivity index (χ1) is 16.3. The molecule has 3 heterocycles. The molecule has 0 bridgehead atoms. The molecule has 0 radical (unpaired) electrons. The summed E-state index contributed by atoms with van der Waals surface area (Å²) in [5.41, 5.74) is 3.11. The lowest BCUT2D eigenvalue weighted by Crippen LogP contribution is -2.19. The van der Waals surface area contributed by atoms with Crippen LogP contribution in [0.15, 0.2) is 65.8 Å². The van der Waals surface area contributed by atoms with Gasteiger partial charge in [-0.05, 0) is 61.4 Å². The zero-order valence-electron chi connectivity index (χ0n) is 18.6. The Morgan fingerprint density at radius 1 is 1.21 bits per heavy atom. The number of esters is 1. The fraction of sp³-hybridized carbons (Fsp3) is 0.200. The standard InChI is InChI=1S/C25H22ClN3O4S/c1-3-33-23(30)13-18-16(2)24(29-15-17(14-27)10-11-21(18)29)25(20-8-6-12-28-20)34(31,32)22-9-5-4-7-19(22)26/h4-12,15,25,28H,3,13H2,1-2H3. The number of aromatic amines is 1. The van der Waals surface area contributed by atoms with Crippen LogP contribution in [-0.2, 0) is 25.8 Å². The van der Waals surface area contributed by atoms with Crippen molar-refractivity contribution in [3.8, 4) is 6.07 Å². The van der Waals surface area contributed by atoms with E-state index in [1.165, 1.54) is 12.1 Å². The van der Waals surface area contributed by atoms with Gasteiger partial charge in [0.15, 0.2) is 9.84 Å². The van der Waals surface area contributed by atoms with Crippen molar-refractivity contribution in [3.63, 3.8) is 0 Å². The Bertz CT molecular complexity index is 1520. The van der Waals surface area contributed by atoms with Crippen molar-refractivity contribution in [2.45, 2.75) is 30.4 Å². The molecule has 9 heteroatoms. The van der Waals surface area contributed by atoms with Crippen molar-refractivity contribution >= 4 is 32.9 Å². The van der Waals surface area contributed by atoms with E-state index >= 15 is 0 Å². The number of nitrogens with zero attached hydrogens (tertiary/aromatic N) is 2. The van der Waals surface area contributed by atoms with Gasteiger partial charge >= 0.3 is 5.97 Å². The summed E-state index contributed by atoms with van der Waals surface area (Å²) in [6, 6.07) is 15.2. The van der Waals surface area contributed by atoms with Gasteiger partial charge in [-0.1, -0.05) is 23.7 Å². The number of fused-ring (bicyclic) bond motifs is 1. The number of nitriles is 1. The first kappa shape index (κ1) is 23.6. The molecular formula is C25H22ClN3O4S. The number of nitrogens with one attached hydrogen (secondary N) is 1. The van der Waals surface area contributed by atoms with Gasteiger partial charge < -0.3 is 14.1 Å². The number of rotatable bonds is 7. The third kappa shape index (κ3) is 4.09. The second kappa shape index (κ2) is 9.37. The van der Waals surface area contributed by atoms with Gasteiger partial charge in [-0.25, -0.2) is 8.42 Å². The number of H-pyrrole nitrogens is 1. The van der Waals surface area contributed by atoms with Gasteiger partial charge in [-0.15, -0.1) is 0 Å². The fourth-order valence-electron chi connectivity index (χ4n) is 4.21. The highest BCUT2D eigenvalue weighted by molar-refractivity contribution is 7.92. The second-order valence-corrected chi connectivity index (χ2v) is 10.1. The van der Waals surface area contributed by atoms with E-state index in [0.717, 1.165) is 0 Å². The summed E-state index contributed by atoms with van der Waals surface area (Å²) < 4.78 is 35.0. The van der Waals surface area contributed by atoms with Crippen LogP contribution in [0.25, 0.3) is 5.52 Å². The van der Waals surface area contributed by atoms with E-state index < -0.39 is 21.1 Å². The van der Waals surface area contributed by atoms with Gasteiger partial charge in [0.1, 0.15) is 11.3 Å². The zero-order valence-corrected chi connectivity index (χ0v) is 20.2. The van der Waals surface area contributed by atoms with Crippen LogP contribution in [0.5, 0.6) is 0 Å². The number of carbonyl (C=O) groups is 1. The number of benzene rings is 1. The fourth-order valence-corrected chi connectivity index (χ4v) is 6.60. The highest BCUT2D eigenvalue weighted by Crippen LogP contribution is 2.41. The number of sulfone groups is 1. The average molecular weight is 496 g/mol. The molecule has 1 atom stereocenters. The quantitative estimate of drug-likeness (QED) is 0.372. The summed E-state index contributed by atoms with van der Waals surface area (Å²) in [6.45, 7) is 3.74. The maximum Gasteiger partial charge on any atom is 0.310 e. The Balaban J connectivity index is 2.05. The number of pyridine rings is 1. The molecule has 0 amide bonds. The third-order valence-electron chi connectivity index (χ3n) is 5.72. The summed E-state index contributed by atoms with van der Waals surface area (Å²) in [6.07, 6.45) is 3.21. The number of carbonyl (C=O) groups excluding carboxylic acids is 1. The first-order valence-electron chi connectivity index (χ1n) is 10.6. The van der Waals surface area contributed by atoms with Crippen LogP contribution < -0.4 is 0 Å². The first-order valence-corrected chi connectivity index (χ1v) is 12.5. The predicted octanol–water partition coefficient (Wildman–Crippen LogP) is 4.77. The van der Waals surface area contributed by atoms with E-state index in [-0.39, 0.29) is 22.9 Å². The van der Waals surface area contributed by atoms with Gasteiger partial charge in [0.2, 0.25) is 0 Å². The Morgan fingerprint density at radius 3 is 2.62 bits per heavy atom. The molecule has 174 valence electrons. The summed E-state index contributed by atoms with van der Waals surface area (Å²) >= 11 is 6.32. The summed E-state index contributed by atoms with van der Waals surface area (Å²) in [5.74, 6) is -0.417. The summed E-state index contributed by atoms with van der Waals surface area (Å²) in [7, 11) is -4.05. The van der Waals surface area contributed by atoms with Crippen LogP contribution in [-0.4, -0.2) is 30.4 Å². The van der Waals surface area contributed by atoms with Gasteiger partial charge in [-0.3, -0.25) is 4.79 Å². The molecule has 1 N–H and O–H groups in total. The maximum atomic E-state index is 14.1. The smallest absolute Gasteiger partial charge is 0.310 e. The number of ether oxygens (including phenoxy) is 1. The normalized spacial score (nSPS) is 12.4. The molecular weight excluding hydrogens is 474 g/mol. The molecule has 34 heavy (non-hydrogen) atoms. The van der Waals surface area contributed by atoms with Crippen LogP contribution >= 0.6 is 11.6 Å². The Hall–Kier alpha value is -3.54. The molecule has 0 fully saturated rings. The van der Waals surface area contributed by atoms with Crippen molar-refractivity contribution in [2.24, 2.45) is 0 Å². The molecule has 0 aliphatic carbocycles. The molecule has 7 nitrogen and oxygen atoms in total. The predicted molar refractivity (Wildman–Crippen MR) is 128 cm³/mol. The second-order valence-electron chi connectivity index (χ2n) is 7.74. The molecule has 4 rings (SSSR count). The van der Waals surface area contributed by atoms with Crippen LogP contribution in [0.1, 0.15) is 40.3 Å². The van der Waals surface area contributed by atoms with E-state index in [2.05, 4.69) is 11.1 Å². The maximum absolute atomic E-state index is 14.1. The number of halogens is 1. The largest absolute Gasteiger partial charge is 0.466 e. The lowest BCUT2D eigenvalue weighted by atomic mass is 10.1. The van der Waals surface area contributed by atoms with Gasteiger partial charge in [0, 0.05) is 23.6 Å². The number of aromatic nitrogens is 2. The third-order valence-corrected chi connectivity index (χ3v) is 8.22. The summed E-state index contributed by atoms with van der Waals surface area (Å²) in [5, 5.41) is 8.44. The molecule has 0 spiro atoms. The minimum absolute atomic E-state index is 0.00556. The number of hydrogen-bond donors (Lipinski definition) is 1. The zero-order chi connectivity index (χ0) is 24.5. The van der Waals surface area contributed by atoms with E-state index in [0.29, 0.717) is 33.6 Å². The van der Waals surface area contributed by atoms with E-state index in [1.807, 2.05) is 0 Å². The van der Waals surface area contributed by atoms with E-state index in [4.69, 9.17) is 16.3 Å². The highest BCUT2D eigenvalue weighted by Gasteiger charge is 2.37. The Labute approximate surface area is 202 Å². The molecule has 1 aromatic carbocycles. The molecule has 0 aliphatic rings. The molecule has 3 aromatic heterocycles. The minimum Gasteiger partial charge on any atom is -0.466 e. The van der Waals surface area contributed by atoms with Crippen LogP contribution in [0.4, 0.5) is 0 Å². The highest BCUT2D eigenvalue weighted by atomic mass is 35.5. The van der Waals surface area contributed by atoms with Crippen LogP contribution in [0, 0.1) is 18.3 Å². The van der Waals surface area contributed by atoms with Crippen molar-refractivity contribution in [3.05, 3.63) is 94.0 Å². The topological polar surface area (TPSA) is 104 Å². The van der Waals surface area contributed by atoms with E-state index in [9.17, 15) is 18.5 Å². The molecule has 1 unspecified atom stereocenters. The molecule has 4 aromatic rings. The van der Waals surface area contributed by atoms with Crippen molar-refractivity contribution in [1.29, 1.82) is 5.26 Å². The molecule has 0 aliphatic heterocycles. The van der Waals surface area contributed by atoms with Gasteiger partial charge in [-0.2, -0.15) is 5.26 Å². The Morgan fingerprint density at radius 2 is 1.97 bits per heavy atom. The van der Waals surface area contributed by atoms with Gasteiger partial charge in [0.05, 0.1) is 34.2 Å². The Kier molecular flexibility index (Phi) is 6.51. The van der Waals surface area contributed by atoms with Crippen molar-refractivity contribution in [2.75, 3.05) is 6.61 Å². The van der Waals surface area contributed by atoms with Crippen molar-refractivity contribution in [1.82, 2.24) is 9.38 Å². The SMILES string of the molecule is CCOC(=O)Cc1c(C)c(C(c2ccc[nH]2)S(=O)(=O)c2ccccc2Cl)n2cc(C#N)ccc12. The monoisotopic (exact) mass is 495 g/mol. The van der Waals surface area contributed by atoms with Crippen LogP contribution in [0.2, 0.25) is 5.02 Å². The lowest BCUT2D eigenvalue weighted by molar-refractivity contribution is -0.142.